The van der Waals surface area contributed by atoms with Crippen LogP contribution < -0.4 is 14.8 Å². The molecule has 2 aromatic carbocycles. The van der Waals surface area contributed by atoms with E-state index in [0.29, 0.717) is 11.3 Å². The smallest absolute Gasteiger partial charge is 0.173 e. The van der Waals surface area contributed by atoms with Crippen LogP contribution in [0.3, 0.4) is 0 Å². The Labute approximate surface area is 165 Å². The van der Waals surface area contributed by atoms with E-state index in [-0.39, 0.29) is 23.8 Å². The lowest BCUT2D eigenvalue weighted by molar-refractivity contribution is -0.124. The van der Waals surface area contributed by atoms with Crippen molar-refractivity contribution in [2.45, 2.75) is 31.4 Å². The van der Waals surface area contributed by atoms with Crippen LogP contribution in [0, 0.1) is 5.92 Å². The lowest BCUT2D eigenvalue weighted by Crippen LogP contribution is -2.42. The molecule has 3 unspecified atom stereocenters. The van der Waals surface area contributed by atoms with Gasteiger partial charge in [0.05, 0.1) is 32.0 Å². The lowest BCUT2D eigenvalue weighted by atomic mass is 9.77. The molecule has 0 amide bonds. The number of rotatable bonds is 5. The normalized spacial score (nSPS) is 23.9. The Balaban J connectivity index is 1.46. The molecule has 2 aliphatic rings. The Morgan fingerprint density at radius 3 is 2.54 bits per heavy atom. The fourth-order valence-corrected chi connectivity index (χ4v) is 4.11. The quantitative estimate of drug-likeness (QED) is 0.840. The Morgan fingerprint density at radius 2 is 1.79 bits per heavy atom. The zero-order valence-electron chi connectivity index (χ0n) is 16.2. The van der Waals surface area contributed by atoms with Crippen LogP contribution in [0.5, 0.6) is 11.5 Å². The molecule has 1 aliphatic carbocycles. The van der Waals surface area contributed by atoms with Crippen molar-refractivity contribution in [2.24, 2.45) is 5.92 Å². The van der Waals surface area contributed by atoms with E-state index >= 15 is 0 Å². The monoisotopic (exact) mass is 379 g/mol. The number of hydrogen-bond donors (Lipinski definition) is 1. The van der Waals surface area contributed by atoms with Crippen LogP contribution in [0.2, 0.25) is 0 Å². The van der Waals surface area contributed by atoms with Gasteiger partial charge in [0.15, 0.2) is 5.78 Å². The van der Waals surface area contributed by atoms with Crippen LogP contribution in [-0.2, 0) is 9.53 Å². The van der Waals surface area contributed by atoms with Crippen molar-refractivity contribution in [3.05, 3.63) is 60.4 Å². The van der Waals surface area contributed by atoms with Crippen molar-refractivity contribution in [1.82, 2.24) is 0 Å². The predicted octanol–water partition coefficient (Wildman–Crippen LogP) is 4.29. The molecule has 0 radical (unpaired) electrons. The Bertz CT molecular complexity index is 874. The zero-order valence-corrected chi connectivity index (χ0v) is 16.2. The summed E-state index contributed by atoms with van der Waals surface area (Å²) in [5.41, 5.74) is 2.46. The highest BCUT2D eigenvalue weighted by Gasteiger charge is 2.40. The van der Waals surface area contributed by atoms with Crippen LogP contribution in [0.25, 0.3) is 5.57 Å². The van der Waals surface area contributed by atoms with Crippen LogP contribution in [-0.4, -0.2) is 32.1 Å². The zero-order chi connectivity index (χ0) is 19.5. The number of methoxy groups -OCH3 is 2. The van der Waals surface area contributed by atoms with Crippen molar-refractivity contribution < 1.29 is 19.0 Å². The number of ether oxygens (including phenoxy) is 3. The molecule has 5 nitrogen and oxygen atoms in total. The van der Waals surface area contributed by atoms with Crippen molar-refractivity contribution in [1.29, 1.82) is 0 Å². The molecule has 1 fully saturated rings. The van der Waals surface area contributed by atoms with Crippen LogP contribution in [0.15, 0.2) is 54.8 Å². The number of anilines is 1. The third-order valence-electron chi connectivity index (χ3n) is 5.61. The SMILES string of the molecule is COc1ccc(NC2CCC3C(=O)C(c4ccccc4OC)=COC3C2)cc1. The first-order valence-electron chi connectivity index (χ1n) is 9.63. The first-order valence-corrected chi connectivity index (χ1v) is 9.63. The standard InChI is InChI=1S/C23H25NO4/c1-26-17-10-7-15(8-11-17)24-16-9-12-19-22(13-16)28-14-20(23(19)25)18-5-3-4-6-21(18)27-2/h3-8,10-11,14,16,19,22,24H,9,12-13H2,1-2H3. The van der Waals surface area contributed by atoms with Gasteiger partial charge in [-0.2, -0.15) is 0 Å². The Kier molecular flexibility index (Phi) is 5.24. The van der Waals surface area contributed by atoms with Crippen molar-refractivity contribution in [3.63, 3.8) is 0 Å². The summed E-state index contributed by atoms with van der Waals surface area (Å²) in [5, 5.41) is 3.55. The van der Waals surface area contributed by atoms with Gasteiger partial charge in [-0.3, -0.25) is 4.79 Å². The molecule has 5 heteroatoms. The number of para-hydroxylation sites is 1. The molecular weight excluding hydrogens is 354 g/mol. The molecule has 2 aromatic rings. The molecule has 0 saturated heterocycles. The van der Waals surface area contributed by atoms with Crippen molar-refractivity contribution >= 4 is 17.0 Å². The van der Waals surface area contributed by atoms with Gasteiger partial charge in [0, 0.05) is 23.7 Å². The number of hydrogen-bond acceptors (Lipinski definition) is 5. The maximum atomic E-state index is 13.1. The largest absolute Gasteiger partial charge is 0.497 e. The molecule has 0 bridgehead atoms. The highest BCUT2D eigenvalue weighted by molar-refractivity contribution is 6.22. The minimum atomic E-state index is -0.0983. The second-order valence-corrected chi connectivity index (χ2v) is 7.26. The molecule has 146 valence electrons. The maximum Gasteiger partial charge on any atom is 0.173 e. The Hall–Kier alpha value is -2.95. The summed E-state index contributed by atoms with van der Waals surface area (Å²) in [6.45, 7) is 0. The summed E-state index contributed by atoms with van der Waals surface area (Å²) in [7, 11) is 3.28. The van der Waals surface area contributed by atoms with Gasteiger partial charge in [0.2, 0.25) is 0 Å². The molecule has 4 rings (SSSR count). The number of benzene rings is 2. The minimum absolute atomic E-state index is 0.0875. The fraction of sp³-hybridized carbons (Fsp3) is 0.348. The van der Waals surface area contributed by atoms with Crippen LogP contribution in [0.4, 0.5) is 5.69 Å². The van der Waals surface area contributed by atoms with Gasteiger partial charge in [-0.05, 0) is 43.2 Å². The summed E-state index contributed by atoms with van der Waals surface area (Å²) in [4.78, 5) is 13.1. The van der Waals surface area contributed by atoms with Gasteiger partial charge in [0.25, 0.3) is 0 Å². The maximum absolute atomic E-state index is 13.1. The lowest BCUT2D eigenvalue weighted by Gasteiger charge is -2.38. The number of nitrogens with one attached hydrogen (secondary N) is 1. The Morgan fingerprint density at radius 1 is 1.00 bits per heavy atom. The summed E-state index contributed by atoms with van der Waals surface area (Å²) >= 11 is 0. The first-order chi connectivity index (χ1) is 13.7. The highest BCUT2D eigenvalue weighted by atomic mass is 16.5. The van der Waals surface area contributed by atoms with Crippen molar-refractivity contribution in [3.8, 4) is 11.5 Å². The van der Waals surface area contributed by atoms with Gasteiger partial charge < -0.3 is 19.5 Å². The van der Waals surface area contributed by atoms with E-state index in [0.717, 1.165) is 36.3 Å². The second kappa shape index (κ2) is 7.97. The predicted molar refractivity (Wildman–Crippen MR) is 109 cm³/mol. The van der Waals surface area contributed by atoms with E-state index < -0.39 is 0 Å². The third-order valence-corrected chi connectivity index (χ3v) is 5.61. The number of fused-ring (bicyclic) bond motifs is 1. The average Bonchev–Trinajstić information content (AvgIpc) is 2.74. The fourth-order valence-electron chi connectivity index (χ4n) is 4.11. The average molecular weight is 379 g/mol. The summed E-state index contributed by atoms with van der Waals surface area (Å²) < 4.78 is 16.6. The van der Waals surface area contributed by atoms with Crippen molar-refractivity contribution in [2.75, 3.05) is 19.5 Å². The number of Topliss-reactive ketones (excluding diaryl/α,β-unsaturated/α-hetero) is 1. The van der Waals surface area contributed by atoms with Gasteiger partial charge in [-0.25, -0.2) is 0 Å². The van der Waals surface area contributed by atoms with E-state index in [1.54, 1.807) is 20.5 Å². The van der Waals surface area contributed by atoms with Gasteiger partial charge in [-0.15, -0.1) is 0 Å². The second-order valence-electron chi connectivity index (χ2n) is 7.26. The first kappa shape index (κ1) is 18.4. The number of carbonyl (C=O) groups excluding carboxylic acids is 1. The molecule has 1 N–H and O–H groups in total. The van der Waals surface area contributed by atoms with E-state index in [9.17, 15) is 4.79 Å². The molecule has 28 heavy (non-hydrogen) atoms. The number of carbonyl (C=O) groups is 1. The highest BCUT2D eigenvalue weighted by Crippen LogP contribution is 2.39. The number of allylic oxidation sites excluding steroid dienone is 1. The van der Waals surface area contributed by atoms with E-state index in [2.05, 4.69) is 5.32 Å². The summed E-state index contributed by atoms with van der Waals surface area (Å²) in [6, 6.07) is 15.8. The van der Waals surface area contributed by atoms with E-state index in [4.69, 9.17) is 14.2 Å². The molecule has 0 aromatic heterocycles. The van der Waals surface area contributed by atoms with E-state index in [1.165, 1.54) is 0 Å². The van der Waals surface area contributed by atoms with Crippen LogP contribution >= 0.6 is 0 Å². The van der Waals surface area contributed by atoms with E-state index in [1.807, 2.05) is 48.5 Å². The van der Waals surface area contributed by atoms with Gasteiger partial charge in [0.1, 0.15) is 17.6 Å². The molecule has 1 saturated carbocycles. The summed E-state index contributed by atoms with van der Waals surface area (Å²) in [5.74, 6) is 1.59. The third kappa shape index (κ3) is 3.57. The molecular formula is C23H25NO4. The van der Waals surface area contributed by atoms with Crippen LogP contribution in [0.1, 0.15) is 24.8 Å². The topological polar surface area (TPSA) is 56.8 Å². The molecule has 3 atom stereocenters. The molecule has 1 aliphatic heterocycles. The molecule has 0 spiro atoms. The van der Waals surface area contributed by atoms with Gasteiger partial charge in [-0.1, -0.05) is 18.2 Å². The van der Waals surface area contributed by atoms with Gasteiger partial charge >= 0.3 is 0 Å². The number of ketones is 1. The molecule has 1 heterocycles. The minimum Gasteiger partial charge on any atom is -0.497 e. The summed E-state index contributed by atoms with van der Waals surface area (Å²) in [6.07, 6.45) is 4.08.